The van der Waals surface area contributed by atoms with Crippen molar-refractivity contribution in [1.82, 2.24) is 14.8 Å². The van der Waals surface area contributed by atoms with Crippen LogP contribution in [0.25, 0.3) is 0 Å². The Labute approximate surface area is 163 Å². The maximum absolute atomic E-state index is 5.60. The third-order valence-electron chi connectivity index (χ3n) is 6.25. The van der Waals surface area contributed by atoms with E-state index in [-0.39, 0.29) is 0 Å². The van der Waals surface area contributed by atoms with Gasteiger partial charge in [0.1, 0.15) is 5.75 Å². The first kappa shape index (κ1) is 18.5. The van der Waals surface area contributed by atoms with Crippen molar-refractivity contribution in [2.45, 2.75) is 45.8 Å². The predicted molar refractivity (Wildman–Crippen MR) is 109 cm³/mol. The standard InChI is InChI=1S/C23H31N3O/c1-17-11-24-22(18(2)23(17)27-3)16-25-12-20-9-10-21(15-25)26(14-20)13-19-7-5-4-6-8-19/h4-8,11,20-21H,9-10,12-16H2,1-3H3/t20-,21+/m1/s1. The quantitative estimate of drug-likeness (QED) is 0.806. The molecule has 27 heavy (non-hydrogen) atoms. The molecule has 0 saturated carbocycles. The summed E-state index contributed by atoms with van der Waals surface area (Å²) in [6.45, 7) is 9.75. The van der Waals surface area contributed by atoms with Crippen molar-refractivity contribution in [3.05, 3.63) is 58.9 Å². The number of piperidine rings is 1. The van der Waals surface area contributed by atoms with Crippen molar-refractivity contribution in [2.75, 3.05) is 26.7 Å². The summed E-state index contributed by atoms with van der Waals surface area (Å²) < 4.78 is 5.60. The van der Waals surface area contributed by atoms with Gasteiger partial charge in [0.15, 0.2) is 0 Å². The zero-order valence-electron chi connectivity index (χ0n) is 16.8. The molecule has 2 aromatic rings. The fourth-order valence-electron chi connectivity index (χ4n) is 4.86. The smallest absolute Gasteiger partial charge is 0.128 e. The zero-order chi connectivity index (χ0) is 18.8. The van der Waals surface area contributed by atoms with Gasteiger partial charge < -0.3 is 4.74 Å². The maximum Gasteiger partial charge on any atom is 0.128 e. The topological polar surface area (TPSA) is 28.6 Å². The third-order valence-corrected chi connectivity index (χ3v) is 6.25. The van der Waals surface area contributed by atoms with Crippen LogP contribution in [0.5, 0.6) is 5.75 Å². The summed E-state index contributed by atoms with van der Waals surface area (Å²) in [6, 6.07) is 11.6. The number of rotatable bonds is 5. The minimum Gasteiger partial charge on any atom is -0.496 e. The van der Waals surface area contributed by atoms with Crippen LogP contribution in [-0.4, -0.2) is 47.6 Å². The first-order valence-corrected chi connectivity index (χ1v) is 10.1. The van der Waals surface area contributed by atoms with Gasteiger partial charge in [-0.1, -0.05) is 30.3 Å². The third kappa shape index (κ3) is 4.02. The van der Waals surface area contributed by atoms with E-state index in [0.29, 0.717) is 6.04 Å². The van der Waals surface area contributed by atoms with Crippen LogP contribution in [0.1, 0.15) is 35.2 Å². The molecular weight excluding hydrogens is 334 g/mol. The maximum atomic E-state index is 5.60. The first-order valence-electron chi connectivity index (χ1n) is 10.1. The molecule has 3 aliphatic rings. The van der Waals surface area contributed by atoms with E-state index in [0.717, 1.165) is 42.6 Å². The Bertz CT molecular complexity index is 777. The summed E-state index contributed by atoms with van der Waals surface area (Å²) >= 11 is 0. The summed E-state index contributed by atoms with van der Waals surface area (Å²) in [6.07, 6.45) is 4.63. The highest BCUT2D eigenvalue weighted by Gasteiger charge is 2.34. The number of pyridine rings is 1. The van der Waals surface area contributed by atoms with E-state index in [1.54, 1.807) is 7.11 Å². The summed E-state index contributed by atoms with van der Waals surface area (Å²) in [7, 11) is 1.76. The van der Waals surface area contributed by atoms with Crippen LogP contribution in [0.4, 0.5) is 0 Å². The molecule has 4 heterocycles. The first-order chi connectivity index (χ1) is 13.1. The normalized spacial score (nSPS) is 23.4. The number of fused-ring (bicyclic) bond motifs is 4. The van der Waals surface area contributed by atoms with E-state index in [2.05, 4.69) is 54.0 Å². The molecule has 1 aromatic carbocycles. The molecule has 2 bridgehead atoms. The molecular formula is C23H31N3O. The van der Waals surface area contributed by atoms with Crippen molar-refractivity contribution >= 4 is 0 Å². The lowest BCUT2D eigenvalue weighted by Gasteiger charge is -2.36. The van der Waals surface area contributed by atoms with Gasteiger partial charge >= 0.3 is 0 Å². The van der Waals surface area contributed by atoms with Gasteiger partial charge in [-0.15, -0.1) is 0 Å². The lowest BCUT2D eigenvalue weighted by molar-refractivity contribution is 0.123. The average Bonchev–Trinajstić information content (AvgIpc) is 2.96. The number of methoxy groups -OCH3 is 1. The van der Waals surface area contributed by atoms with Crippen molar-refractivity contribution < 1.29 is 4.74 Å². The molecule has 144 valence electrons. The Kier molecular flexibility index (Phi) is 5.46. The number of ether oxygens (including phenoxy) is 1. The van der Waals surface area contributed by atoms with Crippen molar-refractivity contribution in [3.63, 3.8) is 0 Å². The van der Waals surface area contributed by atoms with Crippen LogP contribution in [-0.2, 0) is 13.1 Å². The molecule has 3 saturated heterocycles. The van der Waals surface area contributed by atoms with Crippen molar-refractivity contribution in [3.8, 4) is 5.75 Å². The van der Waals surface area contributed by atoms with Gasteiger partial charge in [-0.25, -0.2) is 0 Å². The van der Waals surface area contributed by atoms with E-state index in [1.807, 2.05) is 6.20 Å². The van der Waals surface area contributed by atoms with E-state index in [4.69, 9.17) is 9.72 Å². The van der Waals surface area contributed by atoms with Gasteiger partial charge in [-0.3, -0.25) is 14.8 Å². The van der Waals surface area contributed by atoms with Crippen LogP contribution in [0.2, 0.25) is 0 Å². The molecule has 0 radical (unpaired) electrons. The molecule has 4 nitrogen and oxygen atoms in total. The second-order valence-corrected chi connectivity index (χ2v) is 8.25. The number of hydrogen-bond donors (Lipinski definition) is 0. The second kappa shape index (κ2) is 7.99. The Hall–Kier alpha value is -1.91. The molecule has 0 spiro atoms. The minimum atomic E-state index is 0.650. The summed E-state index contributed by atoms with van der Waals surface area (Å²) in [5.74, 6) is 1.75. The van der Waals surface area contributed by atoms with Crippen LogP contribution in [0.15, 0.2) is 36.5 Å². The second-order valence-electron chi connectivity index (χ2n) is 8.25. The highest BCUT2D eigenvalue weighted by molar-refractivity contribution is 5.41. The Morgan fingerprint density at radius 2 is 1.85 bits per heavy atom. The fraction of sp³-hybridized carbons (Fsp3) is 0.522. The van der Waals surface area contributed by atoms with Gasteiger partial charge in [-0.2, -0.15) is 0 Å². The van der Waals surface area contributed by atoms with Gasteiger partial charge in [0.25, 0.3) is 0 Å². The van der Waals surface area contributed by atoms with Crippen LogP contribution < -0.4 is 4.74 Å². The van der Waals surface area contributed by atoms with E-state index in [1.165, 1.54) is 37.1 Å². The largest absolute Gasteiger partial charge is 0.496 e. The predicted octanol–water partition coefficient (Wildman–Crippen LogP) is 3.80. The highest BCUT2D eigenvalue weighted by Crippen LogP contribution is 2.31. The van der Waals surface area contributed by atoms with Gasteiger partial charge in [0, 0.05) is 56.1 Å². The molecule has 0 aliphatic carbocycles. The van der Waals surface area contributed by atoms with E-state index in [9.17, 15) is 0 Å². The number of benzene rings is 1. The Morgan fingerprint density at radius 3 is 2.63 bits per heavy atom. The van der Waals surface area contributed by atoms with Crippen LogP contribution >= 0.6 is 0 Å². The number of aromatic nitrogens is 1. The number of nitrogens with zero attached hydrogens (tertiary/aromatic N) is 3. The van der Waals surface area contributed by atoms with Crippen LogP contribution in [0, 0.1) is 19.8 Å². The average molecular weight is 366 g/mol. The van der Waals surface area contributed by atoms with Crippen molar-refractivity contribution in [2.24, 2.45) is 5.92 Å². The molecule has 4 heteroatoms. The van der Waals surface area contributed by atoms with Gasteiger partial charge in [-0.05, 0) is 38.2 Å². The van der Waals surface area contributed by atoms with Crippen LogP contribution in [0.3, 0.4) is 0 Å². The fourth-order valence-corrected chi connectivity index (χ4v) is 4.86. The van der Waals surface area contributed by atoms with E-state index < -0.39 is 0 Å². The minimum absolute atomic E-state index is 0.650. The monoisotopic (exact) mass is 365 g/mol. The van der Waals surface area contributed by atoms with Gasteiger partial charge in [0.05, 0.1) is 12.8 Å². The lowest BCUT2D eigenvalue weighted by atomic mass is 9.94. The summed E-state index contributed by atoms with van der Waals surface area (Å²) in [5, 5.41) is 0. The molecule has 1 aromatic heterocycles. The Morgan fingerprint density at radius 1 is 1.04 bits per heavy atom. The molecule has 3 fully saturated rings. The molecule has 0 amide bonds. The zero-order valence-corrected chi connectivity index (χ0v) is 16.8. The summed E-state index contributed by atoms with van der Waals surface area (Å²) in [5.41, 5.74) is 4.89. The van der Waals surface area contributed by atoms with Gasteiger partial charge in [0.2, 0.25) is 0 Å². The highest BCUT2D eigenvalue weighted by atomic mass is 16.5. The SMILES string of the molecule is COc1c(C)cnc(CN2C[C@H]3CC[C@@H](C2)N(Cc2ccccc2)C3)c1C. The molecule has 0 N–H and O–H groups in total. The lowest BCUT2D eigenvalue weighted by Crippen LogP contribution is -2.43. The molecule has 3 aliphatic heterocycles. The van der Waals surface area contributed by atoms with Crippen molar-refractivity contribution in [1.29, 1.82) is 0 Å². The van der Waals surface area contributed by atoms with E-state index >= 15 is 0 Å². The summed E-state index contributed by atoms with van der Waals surface area (Å²) in [4.78, 5) is 10.1. The number of hydrogen-bond acceptors (Lipinski definition) is 4. The molecule has 5 rings (SSSR count). The Balaban J connectivity index is 1.48. The molecule has 2 atom stereocenters. The molecule has 0 unspecified atom stereocenters. The number of aryl methyl sites for hydroxylation is 1.